The zero-order chi connectivity index (χ0) is 29.7. The molecule has 3 aromatic rings. The number of amides is 1. The van der Waals surface area contributed by atoms with E-state index in [1.807, 2.05) is 30.3 Å². The Kier molecular flexibility index (Phi) is 8.93. The lowest BCUT2D eigenvalue weighted by atomic mass is 9.98. The van der Waals surface area contributed by atoms with Gasteiger partial charge in [0.05, 0.1) is 12.7 Å². The summed E-state index contributed by atoms with van der Waals surface area (Å²) in [5.74, 6) is 0.732. The van der Waals surface area contributed by atoms with Crippen molar-refractivity contribution in [3.05, 3.63) is 89.5 Å². The fourth-order valence-electron chi connectivity index (χ4n) is 5.73. The molecule has 5 rings (SSSR count). The van der Waals surface area contributed by atoms with Crippen molar-refractivity contribution >= 4 is 5.91 Å². The molecule has 10 heteroatoms. The first kappa shape index (κ1) is 29.7. The Morgan fingerprint density at radius 3 is 2.31 bits per heavy atom. The van der Waals surface area contributed by atoms with Gasteiger partial charge in [-0.05, 0) is 60.4 Å². The summed E-state index contributed by atoms with van der Waals surface area (Å²) in [4.78, 5) is 18.3. The van der Waals surface area contributed by atoms with Crippen molar-refractivity contribution in [3.8, 4) is 17.2 Å². The maximum absolute atomic E-state index is 13.9. The monoisotopic (exact) mass is 584 g/mol. The van der Waals surface area contributed by atoms with Crippen LogP contribution in [0.3, 0.4) is 0 Å². The molecule has 3 N–H and O–H groups in total. The van der Waals surface area contributed by atoms with Crippen LogP contribution in [0.25, 0.3) is 0 Å². The van der Waals surface area contributed by atoms with E-state index in [4.69, 9.17) is 14.6 Å². The van der Waals surface area contributed by atoms with Crippen LogP contribution < -0.4 is 14.8 Å². The fourth-order valence-corrected chi connectivity index (χ4v) is 5.73. The number of methoxy groups -OCH3 is 1. The minimum absolute atomic E-state index is 0.0134. The molecule has 1 unspecified atom stereocenters. The van der Waals surface area contributed by atoms with E-state index in [2.05, 4.69) is 27.2 Å². The highest BCUT2D eigenvalue weighted by molar-refractivity contribution is 5.86. The van der Waals surface area contributed by atoms with Crippen LogP contribution in [-0.4, -0.2) is 65.7 Å². The quantitative estimate of drug-likeness (QED) is 0.360. The Bertz CT molecular complexity index is 1350. The van der Waals surface area contributed by atoms with Crippen LogP contribution >= 0.6 is 0 Å². The van der Waals surface area contributed by atoms with Crippen LogP contribution in [0, 0.1) is 0 Å². The van der Waals surface area contributed by atoms with E-state index in [9.17, 15) is 18.0 Å². The third kappa shape index (κ3) is 7.17. The first-order chi connectivity index (χ1) is 20.1. The van der Waals surface area contributed by atoms with Gasteiger partial charge in [0.15, 0.2) is 0 Å². The van der Waals surface area contributed by atoms with Crippen LogP contribution in [0.2, 0.25) is 0 Å². The van der Waals surface area contributed by atoms with Gasteiger partial charge >= 0.3 is 6.18 Å². The Hall–Kier alpha value is -3.76. The van der Waals surface area contributed by atoms with Crippen molar-refractivity contribution in [2.75, 3.05) is 33.3 Å². The van der Waals surface area contributed by atoms with Crippen LogP contribution in [-0.2, 0) is 24.1 Å². The summed E-state index contributed by atoms with van der Waals surface area (Å²) in [6.07, 6.45) is -2.46. The minimum Gasteiger partial charge on any atom is -0.591 e. The van der Waals surface area contributed by atoms with Crippen molar-refractivity contribution in [2.45, 2.75) is 50.2 Å². The highest BCUT2D eigenvalue weighted by Crippen LogP contribution is 2.34. The normalized spacial score (nSPS) is 20.4. The first-order valence-corrected chi connectivity index (χ1v) is 14.2. The van der Waals surface area contributed by atoms with Gasteiger partial charge in [0, 0.05) is 57.8 Å². The molecule has 0 spiro atoms. The highest BCUT2D eigenvalue weighted by Gasteiger charge is 2.48. The number of rotatable bonds is 9. The zero-order valence-electron chi connectivity index (χ0n) is 23.6. The molecular formula is C32H37F3N3O4+. The second-order valence-corrected chi connectivity index (χ2v) is 11.1. The predicted octanol–water partition coefficient (Wildman–Crippen LogP) is 4.96. The Morgan fingerprint density at radius 2 is 1.64 bits per heavy atom. The molecule has 0 saturated carbocycles. The van der Waals surface area contributed by atoms with Crippen LogP contribution in [0.1, 0.15) is 36.0 Å². The molecule has 2 saturated heterocycles. The lowest BCUT2D eigenvalue weighted by Crippen LogP contribution is -2.56. The summed E-state index contributed by atoms with van der Waals surface area (Å²) in [6.45, 7) is 3.93. The Balaban J connectivity index is 1.27. The number of alkyl halides is 3. The number of halogens is 3. The van der Waals surface area contributed by atoms with Gasteiger partial charge in [0.1, 0.15) is 5.75 Å². The molecule has 42 heavy (non-hydrogen) atoms. The van der Waals surface area contributed by atoms with Gasteiger partial charge in [-0.1, -0.05) is 30.3 Å². The summed E-state index contributed by atoms with van der Waals surface area (Å²) in [5, 5.41) is 11.2. The number of carbonyl (C=O) groups is 1. The molecule has 3 aromatic carbocycles. The molecule has 1 amide bonds. The second kappa shape index (κ2) is 12.6. The zero-order valence-corrected chi connectivity index (χ0v) is 23.6. The summed E-state index contributed by atoms with van der Waals surface area (Å²) < 4.78 is 51.0. The summed E-state index contributed by atoms with van der Waals surface area (Å²) in [7, 11) is 1.52. The van der Waals surface area contributed by atoms with Gasteiger partial charge in [0.2, 0.25) is 11.4 Å². The van der Waals surface area contributed by atoms with Crippen molar-refractivity contribution < 1.29 is 32.5 Å². The molecule has 2 aliphatic rings. The number of nitrogens with zero attached hydrogens (tertiary/aromatic N) is 2. The van der Waals surface area contributed by atoms with Crippen molar-refractivity contribution in [2.24, 2.45) is 0 Å². The van der Waals surface area contributed by atoms with Gasteiger partial charge in [-0.3, -0.25) is 14.6 Å². The first-order valence-electron chi connectivity index (χ1n) is 14.2. The maximum atomic E-state index is 13.9. The number of likely N-dealkylation sites (tertiary alicyclic amines) is 2. The molecule has 7 nitrogen and oxygen atoms in total. The van der Waals surface area contributed by atoms with Crippen molar-refractivity contribution in [3.63, 3.8) is 0 Å². The second-order valence-electron chi connectivity index (χ2n) is 11.1. The van der Waals surface area contributed by atoms with Crippen LogP contribution in [0.15, 0.2) is 72.8 Å². The van der Waals surface area contributed by atoms with Crippen LogP contribution in [0.4, 0.5) is 13.2 Å². The molecule has 2 aliphatic heterocycles. The molecule has 0 aliphatic carbocycles. The van der Waals surface area contributed by atoms with Gasteiger partial charge in [0.25, 0.3) is 11.7 Å². The molecule has 0 aromatic heterocycles. The van der Waals surface area contributed by atoms with E-state index < -0.39 is 17.3 Å². The van der Waals surface area contributed by atoms with Gasteiger partial charge < -0.3 is 19.9 Å². The third-order valence-corrected chi connectivity index (χ3v) is 8.06. The maximum Gasteiger partial charge on any atom is 0.416 e. The average Bonchev–Trinajstić information content (AvgIpc) is 3.38. The topological polar surface area (TPSA) is 76.9 Å². The van der Waals surface area contributed by atoms with Crippen molar-refractivity contribution in [1.82, 2.24) is 15.1 Å². The number of nitrogens with one attached hydrogen (secondary N) is 1. The van der Waals surface area contributed by atoms with E-state index in [1.54, 1.807) is 6.07 Å². The van der Waals surface area contributed by atoms with Crippen LogP contribution in [0.5, 0.6) is 17.2 Å². The smallest absolute Gasteiger partial charge is 0.416 e. The molecule has 0 radical (unpaired) electrons. The number of hydrogen-bond donors (Lipinski definition) is 1. The summed E-state index contributed by atoms with van der Waals surface area (Å²) >= 11 is 0. The predicted molar refractivity (Wildman–Crippen MR) is 154 cm³/mol. The molecule has 0 bridgehead atoms. The number of carbonyl (C=O) groups excluding carboxylic acids is 1. The molecular weight excluding hydrogens is 547 g/mol. The Labute approximate surface area is 243 Å². The standard InChI is InChI=1S/C32H36F3N3O4/c1-41-29-19-24(7-12-28(29)39)21-38-18-15-31(22-38,42-27-10-8-25(9-11-27)32(33,34)35)30(40)36-26-13-16-37(17-14-26)20-23-5-3-2-4-6-23/h2-12,19,26,39H,13-18,20-22H2,1H3,(H,36,40)/p+1. The Morgan fingerprint density at radius 1 is 0.952 bits per heavy atom. The highest BCUT2D eigenvalue weighted by atomic mass is 19.4. The SMILES string of the molecule is COc1cc(CN2CCC(Oc3ccc(C(F)(F)F)cc3)(C(=O)NC3CCN(Cc4ccccc4)CC3)C2)ccc1[OH2+]. The molecule has 2 fully saturated rings. The van der Waals surface area contributed by atoms with Crippen molar-refractivity contribution in [1.29, 1.82) is 0 Å². The molecule has 2 heterocycles. The van der Waals surface area contributed by atoms with E-state index in [0.717, 1.165) is 50.2 Å². The minimum atomic E-state index is -4.46. The molecule has 224 valence electrons. The average molecular weight is 585 g/mol. The molecule has 1 atom stereocenters. The van der Waals surface area contributed by atoms with Gasteiger partial charge in [-0.15, -0.1) is 0 Å². The van der Waals surface area contributed by atoms with Gasteiger partial charge in [-0.2, -0.15) is 13.2 Å². The number of piperidine rings is 1. The summed E-state index contributed by atoms with van der Waals surface area (Å²) in [5.41, 5.74) is 0.167. The summed E-state index contributed by atoms with van der Waals surface area (Å²) in [6, 6.07) is 20.1. The largest absolute Gasteiger partial charge is 0.591 e. The number of hydrogen-bond acceptors (Lipinski definition) is 5. The fraction of sp³-hybridized carbons (Fsp3) is 0.406. The van der Waals surface area contributed by atoms with Gasteiger partial charge in [-0.25, -0.2) is 0 Å². The van der Waals surface area contributed by atoms with E-state index in [1.165, 1.54) is 24.8 Å². The third-order valence-electron chi connectivity index (χ3n) is 8.06. The van der Waals surface area contributed by atoms with E-state index in [0.29, 0.717) is 25.3 Å². The lowest BCUT2D eigenvalue weighted by Gasteiger charge is -2.35. The number of ether oxygens (including phenoxy) is 2. The van der Waals surface area contributed by atoms with E-state index >= 15 is 0 Å². The van der Waals surface area contributed by atoms with E-state index in [-0.39, 0.29) is 30.0 Å². The number of benzene rings is 3. The lowest BCUT2D eigenvalue weighted by molar-refractivity contribution is -0.138.